The zero-order chi connectivity index (χ0) is 13.4. The van der Waals surface area contributed by atoms with Gasteiger partial charge in [-0.25, -0.2) is 0 Å². The van der Waals surface area contributed by atoms with Crippen LogP contribution in [0.15, 0.2) is 6.20 Å². The molecule has 2 aromatic heterocycles. The van der Waals surface area contributed by atoms with Crippen LogP contribution in [0.4, 0.5) is 5.82 Å². The Kier molecular flexibility index (Phi) is 3.28. The number of likely N-dealkylation sites (N-methyl/N-ethyl adjacent to an activating group) is 2. The molecule has 19 heavy (non-hydrogen) atoms. The molecule has 2 aromatic rings. The molecule has 0 saturated carbocycles. The first-order chi connectivity index (χ1) is 9.15. The molecular weight excluding hydrogens is 264 g/mol. The molecule has 1 unspecified atom stereocenters. The minimum atomic E-state index is 0.253. The summed E-state index contributed by atoms with van der Waals surface area (Å²) in [7, 11) is 4.22. The van der Waals surface area contributed by atoms with Gasteiger partial charge in [-0.05, 0) is 38.0 Å². The van der Waals surface area contributed by atoms with E-state index in [1.165, 1.54) is 12.8 Å². The lowest BCUT2D eigenvalue weighted by atomic mass is 10.0. The fourth-order valence-electron chi connectivity index (χ4n) is 2.69. The lowest BCUT2D eigenvalue weighted by Gasteiger charge is -2.36. The Balaban J connectivity index is 1.96. The molecule has 1 atom stereocenters. The Morgan fingerprint density at radius 1 is 1.47 bits per heavy atom. The third kappa shape index (κ3) is 2.37. The number of hydrogen-bond acceptors (Lipinski definition) is 5. The Labute approximate surface area is 116 Å². The summed E-state index contributed by atoms with van der Waals surface area (Å²) in [5, 5.41) is 8.04. The molecule has 3 rings (SSSR count). The van der Waals surface area contributed by atoms with Crippen LogP contribution >= 0.6 is 11.6 Å². The van der Waals surface area contributed by atoms with Crippen molar-refractivity contribution in [2.24, 2.45) is 0 Å². The highest BCUT2D eigenvalue weighted by atomic mass is 35.5. The number of rotatable bonds is 2. The Morgan fingerprint density at radius 3 is 3.11 bits per heavy atom. The van der Waals surface area contributed by atoms with Crippen LogP contribution in [0.25, 0.3) is 11.0 Å². The van der Waals surface area contributed by atoms with Crippen molar-refractivity contribution in [1.29, 1.82) is 0 Å². The second kappa shape index (κ2) is 4.94. The van der Waals surface area contributed by atoms with Gasteiger partial charge in [-0.15, -0.1) is 0 Å². The summed E-state index contributed by atoms with van der Waals surface area (Å²) in [6, 6.07) is 0.447. The van der Waals surface area contributed by atoms with E-state index >= 15 is 0 Å². The molecule has 0 amide bonds. The van der Waals surface area contributed by atoms with Crippen molar-refractivity contribution in [2.75, 3.05) is 32.1 Å². The van der Waals surface area contributed by atoms with Gasteiger partial charge in [0, 0.05) is 19.6 Å². The van der Waals surface area contributed by atoms with E-state index in [0.29, 0.717) is 11.7 Å². The van der Waals surface area contributed by atoms with Crippen molar-refractivity contribution in [1.82, 2.24) is 25.1 Å². The predicted octanol–water partition coefficient (Wildman–Crippen LogP) is 1.54. The monoisotopic (exact) mass is 280 g/mol. The number of hydrogen-bond donors (Lipinski definition) is 1. The van der Waals surface area contributed by atoms with Crippen LogP contribution in [0.1, 0.15) is 12.8 Å². The highest BCUT2D eigenvalue weighted by Crippen LogP contribution is 2.26. The second-order valence-electron chi connectivity index (χ2n) is 5.12. The van der Waals surface area contributed by atoms with Gasteiger partial charge in [0.25, 0.3) is 0 Å². The first kappa shape index (κ1) is 12.6. The molecule has 0 spiro atoms. The normalized spacial score (nSPS) is 20.9. The molecule has 3 heterocycles. The molecule has 7 heteroatoms. The molecular formula is C12H17ClN6. The van der Waals surface area contributed by atoms with Gasteiger partial charge in [0.2, 0.25) is 5.28 Å². The number of piperidine rings is 1. The third-order valence-corrected chi connectivity index (χ3v) is 3.91. The maximum atomic E-state index is 5.99. The van der Waals surface area contributed by atoms with Crippen molar-refractivity contribution in [3.63, 3.8) is 0 Å². The number of fused-ring (bicyclic) bond motifs is 1. The summed E-state index contributed by atoms with van der Waals surface area (Å²) < 4.78 is 0. The summed E-state index contributed by atoms with van der Waals surface area (Å²) in [4.78, 5) is 13.1. The van der Waals surface area contributed by atoms with Crippen LogP contribution in [0.3, 0.4) is 0 Å². The van der Waals surface area contributed by atoms with Gasteiger partial charge in [0.15, 0.2) is 5.65 Å². The summed E-state index contributed by atoms with van der Waals surface area (Å²) in [6.45, 7) is 2.20. The highest BCUT2D eigenvalue weighted by molar-refractivity contribution is 6.28. The molecule has 0 aliphatic carbocycles. The Morgan fingerprint density at radius 2 is 2.32 bits per heavy atom. The average molecular weight is 281 g/mol. The number of halogens is 1. The summed E-state index contributed by atoms with van der Waals surface area (Å²) in [5.74, 6) is 0.851. The minimum Gasteiger partial charge on any atom is -0.355 e. The highest BCUT2D eigenvalue weighted by Gasteiger charge is 2.24. The lowest BCUT2D eigenvalue weighted by molar-refractivity contribution is 0.247. The van der Waals surface area contributed by atoms with E-state index in [9.17, 15) is 0 Å². The van der Waals surface area contributed by atoms with Crippen molar-refractivity contribution in [3.8, 4) is 0 Å². The Bertz CT molecular complexity index is 583. The largest absolute Gasteiger partial charge is 0.355 e. The fraction of sp³-hybridized carbons (Fsp3) is 0.583. The number of aromatic amines is 1. The number of aromatic nitrogens is 4. The first-order valence-electron chi connectivity index (χ1n) is 6.43. The maximum absolute atomic E-state index is 5.99. The molecule has 1 aliphatic rings. The quantitative estimate of drug-likeness (QED) is 0.846. The molecule has 1 N–H and O–H groups in total. The number of nitrogens with one attached hydrogen (secondary N) is 1. The van der Waals surface area contributed by atoms with E-state index in [2.05, 4.69) is 44.1 Å². The molecule has 0 radical (unpaired) electrons. The molecule has 1 aliphatic heterocycles. The number of anilines is 1. The predicted molar refractivity (Wildman–Crippen MR) is 75.6 cm³/mol. The van der Waals surface area contributed by atoms with Gasteiger partial charge in [0.05, 0.1) is 11.6 Å². The molecule has 1 saturated heterocycles. The van der Waals surface area contributed by atoms with E-state index < -0.39 is 0 Å². The van der Waals surface area contributed by atoms with Gasteiger partial charge in [0.1, 0.15) is 5.82 Å². The van der Waals surface area contributed by atoms with Crippen LogP contribution in [0, 0.1) is 0 Å². The standard InChI is InChI=1S/C12H17ClN6/c1-18-5-3-4-8(7-18)19(2)11-9-6-14-17-10(9)15-12(13)16-11/h6,8H,3-5,7H2,1-2H3,(H,14,15,16,17). The summed E-state index contributed by atoms with van der Waals surface area (Å²) in [5.41, 5.74) is 0.686. The van der Waals surface area contributed by atoms with Gasteiger partial charge in [-0.1, -0.05) is 0 Å². The van der Waals surface area contributed by atoms with Gasteiger partial charge < -0.3 is 9.80 Å². The zero-order valence-corrected chi connectivity index (χ0v) is 11.9. The van der Waals surface area contributed by atoms with Gasteiger partial charge >= 0.3 is 0 Å². The number of likely N-dealkylation sites (tertiary alicyclic amines) is 1. The van der Waals surface area contributed by atoms with Crippen LogP contribution in [0.2, 0.25) is 5.28 Å². The third-order valence-electron chi connectivity index (χ3n) is 3.74. The average Bonchev–Trinajstić information content (AvgIpc) is 2.85. The van der Waals surface area contributed by atoms with Crippen molar-refractivity contribution < 1.29 is 0 Å². The van der Waals surface area contributed by atoms with E-state index in [4.69, 9.17) is 11.6 Å². The van der Waals surface area contributed by atoms with E-state index in [0.717, 1.165) is 24.3 Å². The number of nitrogens with zero attached hydrogens (tertiary/aromatic N) is 5. The molecule has 102 valence electrons. The van der Waals surface area contributed by atoms with Crippen molar-refractivity contribution >= 4 is 28.5 Å². The molecule has 1 fully saturated rings. The number of H-pyrrole nitrogens is 1. The van der Waals surface area contributed by atoms with Crippen molar-refractivity contribution in [3.05, 3.63) is 11.5 Å². The second-order valence-corrected chi connectivity index (χ2v) is 5.46. The van der Waals surface area contributed by atoms with E-state index in [-0.39, 0.29) is 5.28 Å². The lowest BCUT2D eigenvalue weighted by Crippen LogP contribution is -2.45. The van der Waals surface area contributed by atoms with Gasteiger partial charge in [-0.2, -0.15) is 15.1 Å². The van der Waals surface area contributed by atoms with E-state index in [1.54, 1.807) is 6.20 Å². The maximum Gasteiger partial charge on any atom is 0.226 e. The van der Waals surface area contributed by atoms with Crippen LogP contribution in [0.5, 0.6) is 0 Å². The van der Waals surface area contributed by atoms with Crippen molar-refractivity contribution in [2.45, 2.75) is 18.9 Å². The van der Waals surface area contributed by atoms with E-state index in [1.807, 2.05) is 0 Å². The smallest absolute Gasteiger partial charge is 0.226 e. The molecule has 6 nitrogen and oxygen atoms in total. The van der Waals surface area contributed by atoms with Crippen LogP contribution in [-0.2, 0) is 0 Å². The Hall–Kier alpha value is -1.40. The fourth-order valence-corrected chi connectivity index (χ4v) is 2.85. The van der Waals surface area contributed by atoms with Crippen LogP contribution in [-0.4, -0.2) is 58.3 Å². The van der Waals surface area contributed by atoms with Gasteiger partial charge in [-0.3, -0.25) is 5.10 Å². The SMILES string of the molecule is CN1CCCC(N(C)c2nc(Cl)nc3[nH]ncc23)C1. The van der Waals surface area contributed by atoms with Crippen LogP contribution < -0.4 is 4.90 Å². The topological polar surface area (TPSA) is 60.9 Å². The molecule has 0 bridgehead atoms. The zero-order valence-electron chi connectivity index (χ0n) is 11.1. The molecule has 0 aromatic carbocycles. The first-order valence-corrected chi connectivity index (χ1v) is 6.81. The summed E-state index contributed by atoms with van der Waals surface area (Å²) in [6.07, 6.45) is 4.13. The minimum absolute atomic E-state index is 0.253. The summed E-state index contributed by atoms with van der Waals surface area (Å²) >= 11 is 5.99.